The Labute approximate surface area is 183 Å². The lowest BCUT2D eigenvalue weighted by Crippen LogP contribution is -2.55. The van der Waals surface area contributed by atoms with Crippen LogP contribution in [0.15, 0.2) is 42.6 Å². The van der Waals surface area contributed by atoms with Crippen LogP contribution in [-0.4, -0.2) is 44.8 Å². The van der Waals surface area contributed by atoms with E-state index >= 15 is 0 Å². The Morgan fingerprint density at radius 3 is 2.40 bits per heavy atom. The number of rotatable bonds is 4. The Morgan fingerprint density at radius 2 is 1.80 bits per heavy atom. The van der Waals surface area contributed by atoms with E-state index in [1.165, 1.54) is 0 Å². The largest absolute Gasteiger partial charge is 0.348 e. The summed E-state index contributed by atoms with van der Waals surface area (Å²) in [7, 11) is 0. The topological polar surface area (TPSA) is 45.6 Å². The van der Waals surface area contributed by atoms with E-state index in [0.29, 0.717) is 11.6 Å². The summed E-state index contributed by atoms with van der Waals surface area (Å²) in [5, 5.41) is 0.674. The molecule has 2 aromatic rings. The minimum Gasteiger partial charge on any atom is -0.348 e. The quantitative estimate of drug-likeness (QED) is 0.721. The molecule has 0 saturated heterocycles. The average molecular weight is 428 g/mol. The maximum atomic E-state index is 13.6. The van der Waals surface area contributed by atoms with Crippen LogP contribution < -0.4 is 0 Å². The van der Waals surface area contributed by atoms with Crippen molar-refractivity contribution in [3.8, 4) is 0 Å². The Morgan fingerprint density at radius 1 is 1.10 bits per heavy atom. The Balaban J connectivity index is 1.62. The molecule has 1 aromatic carbocycles. The molecule has 0 spiro atoms. The minimum absolute atomic E-state index is 0.00926. The van der Waals surface area contributed by atoms with Crippen molar-refractivity contribution in [2.45, 2.75) is 58.2 Å². The average Bonchev–Trinajstić information content (AvgIpc) is 3.12. The third-order valence-corrected chi connectivity index (χ3v) is 6.62. The minimum atomic E-state index is -0.395. The van der Waals surface area contributed by atoms with E-state index in [1.807, 2.05) is 56.0 Å². The van der Waals surface area contributed by atoms with Crippen LogP contribution in [-0.2, 0) is 16.1 Å². The number of hydrogen-bond acceptors (Lipinski definition) is 2. The fourth-order valence-electron chi connectivity index (χ4n) is 4.40. The molecule has 0 bridgehead atoms. The summed E-state index contributed by atoms with van der Waals surface area (Å²) in [6, 6.07) is 11.6. The van der Waals surface area contributed by atoms with E-state index in [2.05, 4.69) is 16.8 Å². The van der Waals surface area contributed by atoms with Crippen molar-refractivity contribution < 1.29 is 9.59 Å². The molecule has 1 fully saturated rings. The van der Waals surface area contributed by atoms with Crippen LogP contribution in [0.5, 0.6) is 0 Å². The van der Waals surface area contributed by atoms with Crippen molar-refractivity contribution >= 4 is 23.4 Å². The smallest absolute Gasteiger partial charge is 0.243 e. The Bertz CT molecular complexity index is 925. The fraction of sp³-hybridized carbons (Fsp3) is 0.500. The van der Waals surface area contributed by atoms with Gasteiger partial charge in [-0.25, -0.2) is 0 Å². The van der Waals surface area contributed by atoms with Gasteiger partial charge in [-0.05, 0) is 63.4 Å². The zero-order chi connectivity index (χ0) is 21.5. The molecule has 2 amide bonds. The van der Waals surface area contributed by atoms with Crippen LogP contribution in [0.25, 0.3) is 0 Å². The van der Waals surface area contributed by atoms with Crippen molar-refractivity contribution in [3.05, 3.63) is 58.9 Å². The predicted octanol–water partition coefficient (Wildman–Crippen LogP) is 4.50. The summed E-state index contributed by atoms with van der Waals surface area (Å²) < 4.78 is 2.20. The number of nitrogens with zero attached hydrogens (tertiary/aromatic N) is 3. The van der Waals surface area contributed by atoms with Crippen LogP contribution in [0.4, 0.5) is 0 Å². The lowest BCUT2D eigenvalue weighted by molar-refractivity contribution is -0.150. The molecule has 6 heteroatoms. The second kappa shape index (κ2) is 8.10. The van der Waals surface area contributed by atoms with Gasteiger partial charge in [0.15, 0.2) is 0 Å². The first-order valence-electron chi connectivity index (χ1n) is 10.8. The molecule has 2 heterocycles. The maximum Gasteiger partial charge on any atom is 0.243 e. The number of aromatic nitrogens is 1. The van der Waals surface area contributed by atoms with Gasteiger partial charge in [0, 0.05) is 41.5 Å². The summed E-state index contributed by atoms with van der Waals surface area (Å²) in [4.78, 5) is 30.3. The number of fused-ring (bicyclic) bond motifs is 1. The fourth-order valence-corrected chi connectivity index (χ4v) is 4.52. The molecule has 5 nitrogen and oxygen atoms in total. The number of benzene rings is 1. The number of carbonyl (C=O) groups is 2. The van der Waals surface area contributed by atoms with E-state index in [-0.39, 0.29) is 30.3 Å². The molecule has 4 rings (SSSR count). The second-order valence-electron chi connectivity index (χ2n) is 9.39. The standard InChI is InChI=1S/C24H30ClN3O2/c1-24(2,3)28(23(30)18-6-4-7-18)16-21(29)27-15-14-26-13-5-8-20(26)22(27)17-9-11-19(25)12-10-17/h5,8-13,18,22H,4,6-7,14-16H2,1-3H3. The van der Waals surface area contributed by atoms with Crippen LogP contribution in [0.2, 0.25) is 5.02 Å². The SMILES string of the molecule is CC(C)(C)N(CC(=O)N1CCn2cccc2C1c1ccc(Cl)cc1)C(=O)C1CCC1. The van der Waals surface area contributed by atoms with Crippen LogP contribution >= 0.6 is 11.6 Å². The summed E-state index contributed by atoms with van der Waals surface area (Å²) in [6.45, 7) is 7.51. The summed E-state index contributed by atoms with van der Waals surface area (Å²) in [5.74, 6) is 0.179. The van der Waals surface area contributed by atoms with Crippen molar-refractivity contribution in [2.24, 2.45) is 5.92 Å². The van der Waals surface area contributed by atoms with Crippen molar-refractivity contribution in [3.63, 3.8) is 0 Å². The summed E-state index contributed by atoms with van der Waals surface area (Å²) in [5.41, 5.74) is 1.72. The van der Waals surface area contributed by atoms with Gasteiger partial charge < -0.3 is 14.4 Å². The van der Waals surface area contributed by atoms with Crippen molar-refractivity contribution in [2.75, 3.05) is 13.1 Å². The first kappa shape index (κ1) is 21.0. The monoisotopic (exact) mass is 427 g/mol. The highest BCUT2D eigenvalue weighted by atomic mass is 35.5. The van der Waals surface area contributed by atoms with E-state index < -0.39 is 5.54 Å². The van der Waals surface area contributed by atoms with Gasteiger partial charge in [0.2, 0.25) is 11.8 Å². The lowest BCUT2D eigenvalue weighted by atomic mass is 9.83. The van der Waals surface area contributed by atoms with Crippen LogP contribution in [0, 0.1) is 5.92 Å². The van der Waals surface area contributed by atoms with Gasteiger partial charge >= 0.3 is 0 Å². The molecule has 1 aliphatic heterocycles. The van der Waals surface area contributed by atoms with E-state index in [1.54, 1.807) is 4.90 Å². The molecule has 1 saturated carbocycles. The Hall–Kier alpha value is -2.27. The zero-order valence-electron chi connectivity index (χ0n) is 18.0. The van der Waals surface area contributed by atoms with Gasteiger partial charge in [0.1, 0.15) is 6.54 Å². The second-order valence-corrected chi connectivity index (χ2v) is 9.83. The number of hydrogen-bond donors (Lipinski definition) is 0. The predicted molar refractivity (Wildman–Crippen MR) is 118 cm³/mol. The molecule has 1 unspecified atom stereocenters. The maximum absolute atomic E-state index is 13.6. The van der Waals surface area contributed by atoms with Gasteiger partial charge in [0.05, 0.1) is 6.04 Å². The molecule has 0 N–H and O–H groups in total. The van der Waals surface area contributed by atoms with Gasteiger partial charge in [-0.2, -0.15) is 0 Å². The third kappa shape index (κ3) is 4.00. The number of halogens is 1. The van der Waals surface area contributed by atoms with Gasteiger partial charge in [-0.3, -0.25) is 9.59 Å². The summed E-state index contributed by atoms with van der Waals surface area (Å²) in [6.07, 6.45) is 5.03. The molecule has 30 heavy (non-hydrogen) atoms. The highest BCUT2D eigenvalue weighted by molar-refractivity contribution is 6.30. The van der Waals surface area contributed by atoms with Crippen molar-refractivity contribution in [1.82, 2.24) is 14.4 Å². The molecule has 1 atom stereocenters. The highest BCUT2D eigenvalue weighted by Gasteiger charge is 2.38. The molecule has 1 aliphatic carbocycles. The number of carbonyl (C=O) groups excluding carboxylic acids is 2. The van der Waals surface area contributed by atoms with Gasteiger partial charge in [-0.15, -0.1) is 0 Å². The van der Waals surface area contributed by atoms with Gasteiger partial charge in [-0.1, -0.05) is 30.2 Å². The van der Waals surface area contributed by atoms with Gasteiger partial charge in [0.25, 0.3) is 0 Å². The zero-order valence-corrected chi connectivity index (χ0v) is 18.7. The molecule has 2 aliphatic rings. The molecular weight excluding hydrogens is 398 g/mol. The molecule has 160 valence electrons. The lowest BCUT2D eigenvalue weighted by Gasteiger charge is -2.43. The van der Waals surface area contributed by atoms with Crippen LogP contribution in [0.1, 0.15) is 57.3 Å². The van der Waals surface area contributed by atoms with Crippen LogP contribution in [0.3, 0.4) is 0 Å². The first-order chi connectivity index (χ1) is 14.3. The molecule has 1 aromatic heterocycles. The van der Waals surface area contributed by atoms with E-state index in [9.17, 15) is 9.59 Å². The third-order valence-electron chi connectivity index (χ3n) is 6.37. The Kier molecular flexibility index (Phi) is 5.67. The normalized spacial score (nSPS) is 19.2. The molecular formula is C24H30ClN3O2. The first-order valence-corrected chi connectivity index (χ1v) is 11.1. The highest BCUT2D eigenvalue weighted by Crippen LogP contribution is 2.34. The van der Waals surface area contributed by atoms with E-state index in [4.69, 9.17) is 11.6 Å². The molecule has 0 radical (unpaired) electrons. The summed E-state index contributed by atoms with van der Waals surface area (Å²) >= 11 is 6.10. The van der Waals surface area contributed by atoms with E-state index in [0.717, 1.165) is 37.1 Å². The number of amides is 2. The van der Waals surface area contributed by atoms with Crippen molar-refractivity contribution in [1.29, 1.82) is 0 Å².